The van der Waals surface area contributed by atoms with Crippen LogP contribution in [-0.4, -0.2) is 28.4 Å². The first-order chi connectivity index (χ1) is 8.63. The van der Waals surface area contributed by atoms with Crippen LogP contribution in [0.1, 0.15) is 23.8 Å². The number of aliphatic hydroxyl groups is 1. The summed E-state index contributed by atoms with van der Waals surface area (Å²) in [6, 6.07) is 1.83. The Kier molecular flexibility index (Phi) is 3.80. The summed E-state index contributed by atoms with van der Waals surface area (Å²) in [6.45, 7) is 1.85. The molecule has 0 radical (unpaired) electrons. The molecule has 1 aromatic rings. The number of carbonyl (C=O) groups is 2. The number of hydrogen-bond donors (Lipinski definition) is 1. The van der Waals surface area contributed by atoms with Crippen molar-refractivity contribution in [1.82, 2.24) is 4.90 Å². The molecule has 1 aliphatic rings. The normalized spacial score (nSPS) is 19.0. The Bertz CT molecular complexity index is 538. The average Bonchev–Trinajstić information content (AvgIpc) is 2.87. The lowest BCUT2D eigenvalue weighted by Gasteiger charge is -2.13. The number of amides is 2. The molecule has 4 nitrogen and oxygen atoms in total. The average molecular weight is 263 g/mol. The predicted molar refractivity (Wildman–Crippen MR) is 67.6 cm³/mol. The summed E-state index contributed by atoms with van der Waals surface area (Å²) in [5, 5.41) is 10.5. The van der Waals surface area contributed by atoms with E-state index in [2.05, 4.69) is 11.8 Å². The van der Waals surface area contributed by atoms with E-state index >= 15 is 0 Å². The predicted octanol–water partition coefficient (Wildman–Crippen LogP) is 0.987. The highest BCUT2D eigenvalue weighted by Crippen LogP contribution is 2.24. The molecular weight excluding hydrogens is 250 g/mol. The third kappa shape index (κ3) is 2.45. The molecule has 0 spiro atoms. The molecule has 5 heteroatoms. The Labute approximate surface area is 109 Å². The van der Waals surface area contributed by atoms with Crippen LogP contribution < -0.4 is 0 Å². The van der Waals surface area contributed by atoms with Crippen LogP contribution in [0.2, 0.25) is 0 Å². The van der Waals surface area contributed by atoms with Crippen molar-refractivity contribution < 1.29 is 14.7 Å². The van der Waals surface area contributed by atoms with E-state index in [0.29, 0.717) is 6.42 Å². The maximum Gasteiger partial charge on any atom is 0.232 e. The van der Waals surface area contributed by atoms with E-state index in [4.69, 9.17) is 5.11 Å². The molecule has 1 aromatic heterocycles. The van der Waals surface area contributed by atoms with Gasteiger partial charge >= 0.3 is 0 Å². The van der Waals surface area contributed by atoms with Crippen molar-refractivity contribution in [3.63, 3.8) is 0 Å². The van der Waals surface area contributed by atoms with Gasteiger partial charge in [0.15, 0.2) is 0 Å². The van der Waals surface area contributed by atoms with Crippen LogP contribution in [0, 0.1) is 17.8 Å². The summed E-state index contributed by atoms with van der Waals surface area (Å²) in [4.78, 5) is 25.7. The van der Waals surface area contributed by atoms with Crippen LogP contribution in [0.5, 0.6) is 0 Å². The smallest absolute Gasteiger partial charge is 0.232 e. The molecule has 0 aliphatic carbocycles. The third-order valence-electron chi connectivity index (χ3n) is 2.82. The van der Waals surface area contributed by atoms with Gasteiger partial charge in [-0.05, 0) is 11.4 Å². The standard InChI is InChI=1S/C13H13NO3S/c1-9-7-12(16)14(13(9)17)8-11-10(3-2-5-15)4-6-18-11/h4,6,9,15H,5,7-8H2,1H3. The molecule has 1 unspecified atom stereocenters. The molecule has 18 heavy (non-hydrogen) atoms. The number of imide groups is 1. The molecule has 0 saturated carbocycles. The Morgan fingerprint density at radius 2 is 2.33 bits per heavy atom. The van der Waals surface area contributed by atoms with Crippen LogP contribution in [0.3, 0.4) is 0 Å². The van der Waals surface area contributed by atoms with Gasteiger partial charge in [0.25, 0.3) is 0 Å². The summed E-state index contributed by atoms with van der Waals surface area (Å²) in [7, 11) is 0. The van der Waals surface area contributed by atoms with E-state index in [0.717, 1.165) is 10.4 Å². The van der Waals surface area contributed by atoms with Crippen molar-refractivity contribution in [2.75, 3.05) is 6.61 Å². The largest absolute Gasteiger partial charge is 0.384 e. The number of nitrogens with zero attached hydrogens (tertiary/aromatic N) is 1. The highest BCUT2D eigenvalue weighted by molar-refractivity contribution is 7.10. The van der Waals surface area contributed by atoms with E-state index in [1.54, 1.807) is 6.92 Å². The highest BCUT2D eigenvalue weighted by Gasteiger charge is 2.35. The van der Waals surface area contributed by atoms with E-state index in [1.807, 2.05) is 11.4 Å². The first-order valence-corrected chi connectivity index (χ1v) is 6.51. The topological polar surface area (TPSA) is 57.6 Å². The second-order valence-electron chi connectivity index (χ2n) is 4.14. The molecule has 1 atom stereocenters. The van der Waals surface area contributed by atoms with Crippen LogP contribution in [0.4, 0.5) is 0 Å². The Morgan fingerprint density at radius 1 is 1.56 bits per heavy atom. The molecule has 2 amide bonds. The maximum atomic E-state index is 11.8. The number of aliphatic hydroxyl groups excluding tert-OH is 1. The zero-order chi connectivity index (χ0) is 13.1. The van der Waals surface area contributed by atoms with E-state index in [-0.39, 0.29) is 30.9 Å². The molecule has 0 aromatic carbocycles. The highest BCUT2D eigenvalue weighted by atomic mass is 32.1. The Morgan fingerprint density at radius 3 is 2.94 bits per heavy atom. The minimum atomic E-state index is -0.218. The zero-order valence-corrected chi connectivity index (χ0v) is 10.8. The fraction of sp³-hybridized carbons (Fsp3) is 0.385. The Balaban J connectivity index is 2.17. The van der Waals surface area contributed by atoms with Crippen molar-refractivity contribution in [3.05, 3.63) is 21.9 Å². The van der Waals surface area contributed by atoms with E-state index < -0.39 is 0 Å². The summed E-state index contributed by atoms with van der Waals surface area (Å²) in [6.07, 6.45) is 0.294. The molecule has 94 valence electrons. The summed E-state index contributed by atoms with van der Waals surface area (Å²) >= 11 is 1.46. The molecule has 1 aliphatic heterocycles. The van der Waals surface area contributed by atoms with Crippen molar-refractivity contribution in [2.24, 2.45) is 5.92 Å². The molecule has 1 saturated heterocycles. The van der Waals surface area contributed by atoms with Gasteiger partial charge in [-0.1, -0.05) is 18.8 Å². The van der Waals surface area contributed by atoms with Crippen LogP contribution in [0.15, 0.2) is 11.4 Å². The second-order valence-corrected chi connectivity index (χ2v) is 5.14. The Hall–Kier alpha value is -1.64. The maximum absolute atomic E-state index is 11.8. The molecule has 1 N–H and O–H groups in total. The number of likely N-dealkylation sites (tertiary alicyclic amines) is 1. The number of carbonyl (C=O) groups excluding carboxylic acids is 2. The van der Waals surface area contributed by atoms with Crippen molar-refractivity contribution in [1.29, 1.82) is 0 Å². The first kappa shape index (κ1) is 12.8. The van der Waals surface area contributed by atoms with E-state index in [9.17, 15) is 9.59 Å². The minimum Gasteiger partial charge on any atom is -0.384 e. The minimum absolute atomic E-state index is 0.116. The van der Waals surface area contributed by atoms with Crippen molar-refractivity contribution in [2.45, 2.75) is 19.9 Å². The van der Waals surface area contributed by atoms with Crippen LogP contribution in [-0.2, 0) is 16.1 Å². The van der Waals surface area contributed by atoms with Crippen LogP contribution >= 0.6 is 11.3 Å². The van der Waals surface area contributed by atoms with Gasteiger partial charge in [-0.3, -0.25) is 14.5 Å². The van der Waals surface area contributed by atoms with Gasteiger partial charge in [-0.2, -0.15) is 0 Å². The number of hydrogen-bond acceptors (Lipinski definition) is 4. The fourth-order valence-corrected chi connectivity index (χ4v) is 2.69. The molecule has 2 heterocycles. The fourth-order valence-electron chi connectivity index (χ4n) is 1.87. The lowest BCUT2D eigenvalue weighted by Crippen LogP contribution is -2.29. The zero-order valence-electron chi connectivity index (χ0n) is 9.97. The van der Waals surface area contributed by atoms with Gasteiger partial charge in [0.2, 0.25) is 11.8 Å². The van der Waals surface area contributed by atoms with Crippen LogP contribution in [0.25, 0.3) is 0 Å². The summed E-state index contributed by atoms with van der Waals surface area (Å²) in [5.41, 5.74) is 0.772. The molecule has 0 bridgehead atoms. The van der Waals surface area contributed by atoms with Gasteiger partial charge < -0.3 is 5.11 Å². The van der Waals surface area contributed by atoms with Gasteiger partial charge in [-0.15, -0.1) is 11.3 Å². The second kappa shape index (κ2) is 5.34. The van der Waals surface area contributed by atoms with E-state index in [1.165, 1.54) is 16.2 Å². The lowest BCUT2D eigenvalue weighted by molar-refractivity contribution is -0.139. The summed E-state index contributed by atoms with van der Waals surface area (Å²) < 4.78 is 0. The number of thiophene rings is 1. The van der Waals surface area contributed by atoms with Gasteiger partial charge in [0.1, 0.15) is 6.61 Å². The van der Waals surface area contributed by atoms with Gasteiger partial charge in [0, 0.05) is 22.8 Å². The lowest BCUT2D eigenvalue weighted by atomic mass is 10.1. The molecular formula is C13H13NO3S. The van der Waals surface area contributed by atoms with Crippen molar-refractivity contribution in [3.8, 4) is 11.8 Å². The molecule has 2 rings (SSSR count). The quantitative estimate of drug-likeness (QED) is 0.639. The first-order valence-electron chi connectivity index (χ1n) is 5.63. The van der Waals surface area contributed by atoms with Gasteiger partial charge in [0.05, 0.1) is 6.54 Å². The SMILES string of the molecule is CC1CC(=O)N(Cc2sccc2C#CCO)C1=O. The molecule has 1 fully saturated rings. The van der Waals surface area contributed by atoms with Crippen molar-refractivity contribution >= 4 is 23.2 Å². The monoisotopic (exact) mass is 263 g/mol. The van der Waals surface area contributed by atoms with Gasteiger partial charge in [-0.25, -0.2) is 0 Å². The number of rotatable bonds is 2. The third-order valence-corrected chi connectivity index (χ3v) is 3.72. The summed E-state index contributed by atoms with van der Waals surface area (Å²) in [5.74, 6) is 4.93.